The first kappa shape index (κ1) is 13.9. The SMILES string of the molecule is COCCN(CCO)c1cccc(F)c1CN. The number of rotatable bonds is 7. The van der Waals surface area contributed by atoms with Gasteiger partial charge in [0.2, 0.25) is 0 Å². The highest BCUT2D eigenvalue weighted by atomic mass is 19.1. The number of methoxy groups -OCH3 is 1. The molecule has 0 unspecified atom stereocenters. The molecule has 5 heteroatoms. The molecule has 0 aliphatic heterocycles. The van der Waals surface area contributed by atoms with Gasteiger partial charge in [0.25, 0.3) is 0 Å². The van der Waals surface area contributed by atoms with Gasteiger partial charge >= 0.3 is 0 Å². The Balaban J connectivity index is 2.95. The third-order valence-corrected chi connectivity index (χ3v) is 2.57. The summed E-state index contributed by atoms with van der Waals surface area (Å²) in [5, 5.41) is 9.02. The number of hydrogen-bond donors (Lipinski definition) is 2. The Morgan fingerprint density at radius 3 is 2.76 bits per heavy atom. The van der Waals surface area contributed by atoms with Crippen LogP contribution in [-0.4, -0.2) is 38.5 Å². The van der Waals surface area contributed by atoms with Crippen molar-refractivity contribution in [3.05, 3.63) is 29.6 Å². The number of nitrogens with two attached hydrogens (primary N) is 1. The van der Waals surface area contributed by atoms with Crippen LogP contribution in [0.3, 0.4) is 0 Å². The van der Waals surface area contributed by atoms with Crippen molar-refractivity contribution in [3.8, 4) is 0 Å². The third-order valence-electron chi connectivity index (χ3n) is 2.57. The predicted octanol–water partition coefficient (Wildman–Crippen LogP) is 0.730. The number of aliphatic hydroxyl groups excluding tert-OH is 1. The number of aliphatic hydroxyl groups is 1. The van der Waals surface area contributed by atoms with E-state index in [1.807, 2.05) is 4.90 Å². The zero-order chi connectivity index (χ0) is 12.7. The lowest BCUT2D eigenvalue weighted by molar-refractivity contribution is 0.203. The Morgan fingerprint density at radius 1 is 1.41 bits per heavy atom. The van der Waals surface area contributed by atoms with Gasteiger partial charge in [-0.05, 0) is 12.1 Å². The molecule has 0 aromatic heterocycles. The minimum absolute atomic E-state index is 0.00421. The lowest BCUT2D eigenvalue weighted by Crippen LogP contribution is -2.31. The summed E-state index contributed by atoms with van der Waals surface area (Å²) in [5.41, 5.74) is 6.74. The number of benzene rings is 1. The van der Waals surface area contributed by atoms with Crippen molar-refractivity contribution in [2.45, 2.75) is 6.54 Å². The molecule has 0 spiro atoms. The van der Waals surface area contributed by atoms with E-state index in [2.05, 4.69) is 0 Å². The second kappa shape index (κ2) is 7.21. The summed E-state index contributed by atoms with van der Waals surface area (Å²) in [5.74, 6) is -0.314. The van der Waals surface area contributed by atoms with Gasteiger partial charge in [0, 0.05) is 38.0 Å². The Morgan fingerprint density at radius 2 is 2.18 bits per heavy atom. The highest BCUT2D eigenvalue weighted by Crippen LogP contribution is 2.22. The number of halogens is 1. The van der Waals surface area contributed by atoms with Gasteiger partial charge in [-0.15, -0.1) is 0 Å². The Bertz CT molecular complexity index is 347. The van der Waals surface area contributed by atoms with Crippen LogP contribution in [-0.2, 0) is 11.3 Å². The molecule has 0 aliphatic rings. The van der Waals surface area contributed by atoms with Crippen molar-refractivity contribution in [3.63, 3.8) is 0 Å². The quantitative estimate of drug-likeness (QED) is 0.740. The molecule has 0 saturated heterocycles. The zero-order valence-corrected chi connectivity index (χ0v) is 10.0. The zero-order valence-electron chi connectivity index (χ0n) is 10.0. The first-order chi connectivity index (χ1) is 8.24. The van der Waals surface area contributed by atoms with Crippen LogP contribution >= 0.6 is 0 Å². The molecule has 1 aromatic carbocycles. The molecular weight excluding hydrogens is 223 g/mol. The maximum atomic E-state index is 13.6. The second-order valence-electron chi connectivity index (χ2n) is 3.65. The largest absolute Gasteiger partial charge is 0.395 e. The van der Waals surface area contributed by atoms with Crippen LogP contribution < -0.4 is 10.6 Å². The van der Waals surface area contributed by atoms with E-state index in [1.54, 1.807) is 19.2 Å². The Kier molecular flexibility index (Phi) is 5.90. The van der Waals surface area contributed by atoms with E-state index in [9.17, 15) is 4.39 Å². The van der Waals surface area contributed by atoms with Crippen molar-refractivity contribution in [1.29, 1.82) is 0 Å². The molecule has 0 amide bonds. The molecule has 1 rings (SSSR count). The van der Waals surface area contributed by atoms with E-state index in [1.165, 1.54) is 6.07 Å². The molecule has 3 N–H and O–H groups in total. The molecule has 0 atom stereocenters. The van der Waals surface area contributed by atoms with E-state index in [4.69, 9.17) is 15.6 Å². The van der Waals surface area contributed by atoms with Crippen LogP contribution in [0.15, 0.2) is 18.2 Å². The Labute approximate surface area is 101 Å². The molecule has 0 radical (unpaired) electrons. The monoisotopic (exact) mass is 242 g/mol. The normalized spacial score (nSPS) is 10.6. The fraction of sp³-hybridized carbons (Fsp3) is 0.500. The summed E-state index contributed by atoms with van der Waals surface area (Å²) in [6, 6.07) is 4.83. The lowest BCUT2D eigenvalue weighted by Gasteiger charge is -2.26. The van der Waals surface area contributed by atoms with Crippen LogP contribution in [0, 0.1) is 5.82 Å². The molecule has 96 valence electrons. The van der Waals surface area contributed by atoms with E-state index in [0.717, 1.165) is 5.69 Å². The molecule has 0 fully saturated rings. The van der Waals surface area contributed by atoms with Gasteiger partial charge in [0.05, 0.1) is 13.2 Å². The van der Waals surface area contributed by atoms with E-state index < -0.39 is 0 Å². The minimum Gasteiger partial charge on any atom is -0.395 e. The van der Waals surface area contributed by atoms with Crippen LogP contribution in [0.2, 0.25) is 0 Å². The molecule has 17 heavy (non-hydrogen) atoms. The highest BCUT2D eigenvalue weighted by Gasteiger charge is 2.13. The molecule has 0 bridgehead atoms. The minimum atomic E-state index is -0.314. The molecule has 1 aromatic rings. The Hall–Kier alpha value is -1.17. The van der Waals surface area contributed by atoms with Crippen molar-refractivity contribution in [2.75, 3.05) is 38.3 Å². The van der Waals surface area contributed by atoms with Gasteiger partial charge in [-0.3, -0.25) is 0 Å². The highest BCUT2D eigenvalue weighted by molar-refractivity contribution is 5.54. The second-order valence-corrected chi connectivity index (χ2v) is 3.65. The number of hydrogen-bond acceptors (Lipinski definition) is 4. The topological polar surface area (TPSA) is 58.7 Å². The average molecular weight is 242 g/mol. The maximum absolute atomic E-state index is 13.6. The lowest BCUT2D eigenvalue weighted by atomic mass is 10.1. The van der Waals surface area contributed by atoms with Crippen LogP contribution in [0.25, 0.3) is 0 Å². The van der Waals surface area contributed by atoms with Crippen molar-refractivity contribution in [1.82, 2.24) is 0 Å². The van der Waals surface area contributed by atoms with Gasteiger partial charge in [0.15, 0.2) is 0 Å². The molecule has 0 heterocycles. The summed E-state index contributed by atoms with van der Waals surface area (Å²) in [6.45, 7) is 1.68. The van der Waals surface area contributed by atoms with Gasteiger partial charge in [-0.2, -0.15) is 0 Å². The van der Waals surface area contributed by atoms with Gasteiger partial charge in [-0.25, -0.2) is 4.39 Å². The summed E-state index contributed by atoms with van der Waals surface area (Å²) in [4.78, 5) is 1.87. The summed E-state index contributed by atoms with van der Waals surface area (Å²) < 4.78 is 18.6. The van der Waals surface area contributed by atoms with Gasteiger partial charge in [0.1, 0.15) is 5.82 Å². The van der Waals surface area contributed by atoms with Crippen LogP contribution in [0.4, 0.5) is 10.1 Å². The maximum Gasteiger partial charge on any atom is 0.129 e. The number of ether oxygens (including phenoxy) is 1. The van der Waals surface area contributed by atoms with Crippen molar-refractivity contribution in [2.24, 2.45) is 5.73 Å². The van der Waals surface area contributed by atoms with E-state index in [0.29, 0.717) is 25.3 Å². The van der Waals surface area contributed by atoms with Crippen molar-refractivity contribution >= 4 is 5.69 Å². The predicted molar refractivity (Wildman–Crippen MR) is 65.5 cm³/mol. The first-order valence-electron chi connectivity index (χ1n) is 5.56. The molecular formula is C12H19FN2O2. The van der Waals surface area contributed by atoms with Crippen LogP contribution in [0.1, 0.15) is 5.56 Å². The van der Waals surface area contributed by atoms with Gasteiger partial charge < -0.3 is 20.5 Å². The standard InChI is InChI=1S/C12H19FN2O2/c1-17-8-6-15(5-7-16)12-4-2-3-11(13)10(12)9-14/h2-4,16H,5-9,14H2,1H3. The number of nitrogens with zero attached hydrogens (tertiary/aromatic N) is 1. The molecule has 4 nitrogen and oxygen atoms in total. The fourth-order valence-corrected chi connectivity index (χ4v) is 1.72. The smallest absolute Gasteiger partial charge is 0.129 e. The summed E-state index contributed by atoms with van der Waals surface area (Å²) in [6.07, 6.45) is 0. The van der Waals surface area contributed by atoms with Gasteiger partial charge in [-0.1, -0.05) is 6.07 Å². The van der Waals surface area contributed by atoms with Crippen molar-refractivity contribution < 1.29 is 14.2 Å². The average Bonchev–Trinajstić information content (AvgIpc) is 2.34. The number of anilines is 1. The fourth-order valence-electron chi connectivity index (χ4n) is 1.72. The van der Waals surface area contributed by atoms with E-state index >= 15 is 0 Å². The summed E-state index contributed by atoms with van der Waals surface area (Å²) >= 11 is 0. The third kappa shape index (κ3) is 3.66. The molecule has 0 aliphatic carbocycles. The van der Waals surface area contributed by atoms with E-state index in [-0.39, 0.29) is 19.0 Å². The summed E-state index contributed by atoms with van der Waals surface area (Å²) in [7, 11) is 1.60. The van der Waals surface area contributed by atoms with Crippen LogP contribution in [0.5, 0.6) is 0 Å². The first-order valence-corrected chi connectivity index (χ1v) is 5.56. The molecule has 0 saturated carbocycles.